The molecule has 0 atom stereocenters. The van der Waals surface area contributed by atoms with E-state index in [9.17, 15) is 0 Å². The molecule has 1 aromatic carbocycles. The van der Waals surface area contributed by atoms with Crippen molar-refractivity contribution in [1.82, 2.24) is 0 Å². The first-order valence-corrected chi connectivity index (χ1v) is 7.00. The second-order valence-electron chi connectivity index (χ2n) is 4.25. The molecule has 0 aliphatic heterocycles. The van der Waals surface area contributed by atoms with Crippen molar-refractivity contribution in [1.29, 1.82) is 5.26 Å². The number of hydrogen-bond acceptors (Lipinski definition) is 2. The number of unbranched alkanes of at least 4 members (excludes halogenated alkanes) is 2. The molecule has 0 saturated heterocycles. The summed E-state index contributed by atoms with van der Waals surface area (Å²) in [6, 6.07) is 9.09. The van der Waals surface area contributed by atoms with Gasteiger partial charge in [0, 0.05) is 11.3 Å². The highest BCUT2D eigenvalue weighted by Gasteiger charge is 2.10. The highest BCUT2D eigenvalue weighted by Crippen LogP contribution is 2.27. The van der Waals surface area contributed by atoms with Crippen LogP contribution in [0.4, 0.5) is 0 Å². The Morgan fingerprint density at radius 1 is 1.19 bits per heavy atom. The average Bonchev–Trinajstić information content (AvgIpc) is 2.76. The van der Waals surface area contributed by atoms with Gasteiger partial charge in [-0.1, -0.05) is 6.07 Å². The lowest BCUT2D eigenvalue weighted by Crippen LogP contribution is -1.84. The van der Waals surface area contributed by atoms with Gasteiger partial charge in [0.05, 0.1) is 6.07 Å². The van der Waals surface area contributed by atoms with Crippen LogP contribution in [0.3, 0.4) is 0 Å². The van der Waals surface area contributed by atoms with Crippen molar-refractivity contribution in [2.75, 3.05) is 5.75 Å². The SMILES string of the molecule is N#CCCCCSc1ccc2c(c1)CCC2. The third-order valence-electron chi connectivity index (χ3n) is 3.02. The molecule has 2 heteroatoms. The van der Waals surface area contributed by atoms with E-state index in [1.165, 1.54) is 24.2 Å². The molecule has 0 bridgehead atoms. The fraction of sp³-hybridized carbons (Fsp3) is 0.500. The molecule has 0 aromatic heterocycles. The van der Waals surface area contributed by atoms with Crippen molar-refractivity contribution in [3.05, 3.63) is 29.3 Å². The van der Waals surface area contributed by atoms with Gasteiger partial charge in [-0.25, -0.2) is 0 Å². The second kappa shape index (κ2) is 5.96. The standard InChI is InChI=1S/C14H17NS/c15-9-2-1-3-10-16-14-8-7-12-5-4-6-13(12)11-14/h7-8,11H,1-6,10H2. The third-order valence-corrected chi connectivity index (χ3v) is 4.10. The summed E-state index contributed by atoms with van der Waals surface area (Å²) in [7, 11) is 0. The molecule has 16 heavy (non-hydrogen) atoms. The van der Waals surface area contributed by atoms with Gasteiger partial charge in [0.2, 0.25) is 0 Å². The summed E-state index contributed by atoms with van der Waals surface area (Å²) in [6.07, 6.45) is 6.74. The Morgan fingerprint density at radius 2 is 2.06 bits per heavy atom. The monoisotopic (exact) mass is 231 g/mol. The van der Waals surface area contributed by atoms with Crippen LogP contribution in [0.2, 0.25) is 0 Å². The van der Waals surface area contributed by atoms with E-state index in [1.807, 2.05) is 11.8 Å². The number of nitrogens with zero attached hydrogens (tertiary/aromatic N) is 1. The molecule has 84 valence electrons. The fourth-order valence-electron chi connectivity index (χ4n) is 2.13. The quantitative estimate of drug-likeness (QED) is 0.565. The highest BCUT2D eigenvalue weighted by atomic mass is 32.2. The van der Waals surface area contributed by atoms with Crippen LogP contribution < -0.4 is 0 Å². The van der Waals surface area contributed by atoms with E-state index >= 15 is 0 Å². The molecular formula is C14H17NS. The lowest BCUT2D eigenvalue weighted by molar-refractivity contribution is 0.830. The van der Waals surface area contributed by atoms with Gasteiger partial charge in [-0.05, 0) is 61.1 Å². The van der Waals surface area contributed by atoms with E-state index in [2.05, 4.69) is 24.3 Å². The van der Waals surface area contributed by atoms with Gasteiger partial charge in [-0.2, -0.15) is 5.26 Å². The smallest absolute Gasteiger partial charge is 0.0621 e. The Labute approximate surface area is 102 Å². The molecule has 0 unspecified atom stereocenters. The van der Waals surface area contributed by atoms with Crippen LogP contribution in [-0.2, 0) is 12.8 Å². The van der Waals surface area contributed by atoms with E-state index in [0.717, 1.165) is 18.6 Å². The predicted octanol–water partition coefficient (Wildman–Crippen LogP) is 3.96. The Hall–Kier alpha value is -0.940. The Balaban J connectivity index is 1.80. The molecule has 0 N–H and O–H groups in total. The van der Waals surface area contributed by atoms with Crippen molar-refractivity contribution in [2.45, 2.75) is 43.4 Å². The van der Waals surface area contributed by atoms with E-state index in [4.69, 9.17) is 5.26 Å². The minimum atomic E-state index is 0.699. The van der Waals surface area contributed by atoms with Gasteiger partial charge >= 0.3 is 0 Å². The Kier molecular flexibility index (Phi) is 4.30. The van der Waals surface area contributed by atoms with Gasteiger partial charge in [-0.3, -0.25) is 0 Å². The molecule has 0 heterocycles. The molecular weight excluding hydrogens is 214 g/mol. The van der Waals surface area contributed by atoms with Crippen LogP contribution in [-0.4, -0.2) is 5.75 Å². The summed E-state index contributed by atoms with van der Waals surface area (Å²) in [4.78, 5) is 1.40. The number of hydrogen-bond donors (Lipinski definition) is 0. The normalized spacial score (nSPS) is 13.4. The average molecular weight is 231 g/mol. The first kappa shape index (κ1) is 11.5. The Bertz CT molecular complexity index is 392. The first-order chi connectivity index (χ1) is 7.90. The lowest BCUT2D eigenvalue weighted by Gasteiger charge is -2.04. The van der Waals surface area contributed by atoms with E-state index in [1.54, 1.807) is 11.1 Å². The van der Waals surface area contributed by atoms with Gasteiger partial charge in [-0.15, -0.1) is 11.8 Å². The zero-order valence-electron chi connectivity index (χ0n) is 9.54. The molecule has 0 saturated carbocycles. The maximum atomic E-state index is 8.43. The summed E-state index contributed by atoms with van der Waals surface area (Å²) in [5.41, 5.74) is 3.11. The summed E-state index contributed by atoms with van der Waals surface area (Å²) in [6.45, 7) is 0. The molecule has 0 spiro atoms. The maximum Gasteiger partial charge on any atom is 0.0621 e. The summed E-state index contributed by atoms with van der Waals surface area (Å²) >= 11 is 1.93. The maximum absolute atomic E-state index is 8.43. The molecule has 1 aliphatic rings. The summed E-state index contributed by atoms with van der Waals surface area (Å²) in [5, 5.41) is 8.43. The van der Waals surface area contributed by atoms with Gasteiger partial charge in [0.1, 0.15) is 0 Å². The largest absolute Gasteiger partial charge is 0.198 e. The third kappa shape index (κ3) is 3.02. The number of benzene rings is 1. The van der Waals surface area contributed by atoms with Crippen LogP contribution in [0.5, 0.6) is 0 Å². The molecule has 1 aromatic rings. The van der Waals surface area contributed by atoms with Crippen LogP contribution in [0, 0.1) is 11.3 Å². The summed E-state index contributed by atoms with van der Waals surface area (Å²) < 4.78 is 0. The van der Waals surface area contributed by atoms with E-state index in [0.29, 0.717) is 6.42 Å². The fourth-order valence-corrected chi connectivity index (χ4v) is 3.11. The van der Waals surface area contributed by atoms with Crippen LogP contribution in [0.15, 0.2) is 23.1 Å². The van der Waals surface area contributed by atoms with Crippen LogP contribution in [0.25, 0.3) is 0 Å². The molecule has 0 fully saturated rings. The lowest BCUT2D eigenvalue weighted by atomic mass is 10.1. The number of nitriles is 1. The Morgan fingerprint density at radius 3 is 2.94 bits per heavy atom. The number of thioether (sulfide) groups is 1. The number of fused-ring (bicyclic) bond motifs is 1. The van der Waals surface area contributed by atoms with Crippen molar-refractivity contribution >= 4 is 11.8 Å². The van der Waals surface area contributed by atoms with Crippen LogP contribution in [0.1, 0.15) is 36.8 Å². The minimum Gasteiger partial charge on any atom is -0.198 e. The van der Waals surface area contributed by atoms with Gasteiger partial charge in [0.25, 0.3) is 0 Å². The first-order valence-electron chi connectivity index (χ1n) is 6.02. The van der Waals surface area contributed by atoms with Crippen molar-refractivity contribution in [3.63, 3.8) is 0 Å². The van der Waals surface area contributed by atoms with Crippen molar-refractivity contribution in [3.8, 4) is 6.07 Å². The zero-order valence-corrected chi connectivity index (χ0v) is 10.4. The molecule has 1 nitrogen and oxygen atoms in total. The predicted molar refractivity (Wildman–Crippen MR) is 68.7 cm³/mol. The van der Waals surface area contributed by atoms with Crippen molar-refractivity contribution in [2.24, 2.45) is 0 Å². The van der Waals surface area contributed by atoms with Crippen molar-refractivity contribution < 1.29 is 0 Å². The highest BCUT2D eigenvalue weighted by molar-refractivity contribution is 7.99. The molecule has 0 radical (unpaired) electrons. The zero-order chi connectivity index (χ0) is 11.2. The van der Waals surface area contributed by atoms with Gasteiger partial charge in [0.15, 0.2) is 0 Å². The molecule has 2 rings (SSSR count). The number of aryl methyl sites for hydroxylation is 2. The minimum absolute atomic E-state index is 0.699. The van der Waals surface area contributed by atoms with Gasteiger partial charge < -0.3 is 0 Å². The molecule has 0 amide bonds. The van der Waals surface area contributed by atoms with E-state index < -0.39 is 0 Å². The summed E-state index contributed by atoms with van der Waals surface area (Å²) in [5.74, 6) is 1.14. The van der Waals surface area contributed by atoms with E-state index in [-0.39, 0.29) is 0 Å². The topological polar surface area (TPSA) is 23.8 Å². The number of rotatable bonds is 5. The molecule has 1 aliphatic carbocycles. The second-order valence-corrected chi connectivity index (χ2v) is 5.42. The van der Waals surface area contributed by atoms with Crippen LogP contribution >= 0.6 is 11.8 Å².